The summed E-state index contributed by atoms with van der Waals surface area (Å²) in [6.45, 7) is 7.24. The van der Waals surface area contributed by atoms with Crippen molar-refractivity contribution in [2.24, 2.45) is 11.8 Å². The van der Waals surface area contributed by atoms with Crippen LogP contribution in [0.5, 0.6) is 0 Å². The second kappa shape index (κ2) is 7.48. The Hall–Kier alpha value is -1.10. The monoisotopic (exact) mass is 271 g/mol. The number of carboxylic acids is 1. The fourth-order valence-electron chi connectivity index (χ4n) is 2.36. The zero-order chi connectivity index (χ0) is 14.4. The first-order chi connectivity index (χ1) is 9.01. The second-order valence-corrected chi connectivity index (χ2v) is 5.35. The molecule has 1 aliphatic rings. The minimum absolute atomic E-state index is 0.0537. The van der Waals surface area contributed by atoms with Gasteiger partial charge in [-0.05, 0) is 12.3 Å². The smallest absolute Gasteiger partial charge is 0.311 e. The van der Waals surface area contributed by atoms with Gasteiger partial charge in [0.2, 0.25) is 5.91 Å². The Balaban J connectivity index is 2.75. The van der Waals surface area contributed by atoms with E-state index in [1.165, 1.54) is 0 Å². The van der Waals surface area contributed by atoms with E-state index in [9.17, 15) is 14.7 Å². The summed E-state index contributed by atoms with van der Waals surface area (Å²) in [5.41, 5.74) is 0. The minimum Gasteiger partial charge on any atom is -0.481 e. The molecule has 1 amide bonds. The van der Waals surface area contributed by atoms with E-state index in [1.807, 2.05) is 13.8 Å². The van der Waals surface area contributed by atoms with Crippen molar-refractivity contribution in [2.45, 2.75) is 46.1 Å². The predicted octanol–water partition coefficient (Wildman–Crippen LogP) is 1.76. The molecule has 5 nitrogen and oxygen atoms in total. The van der Waals surface area contributed by atoms with Gasteiger partial charge in [-0.15, -0.1) is 0 Å². The summed E-state index contributed by atoms with van der Waals surface area (Å²) in [4.78, 5) is 25.3. The van der Waals surface area contributed by atoms with E-state index in [4.69, 9.17) is 4.74 Å². The molecule has 0 bridgehead atoms. The van der Waals surface area contributed by atoms with Crippen molar-refractivity contribution in [3.8, 4) is 0 Å². The number of hydrogen-bond acceptors (Lipinski definition) is 3. The summed E-state index contributed by atoms with van der Waals surface area (Å²) >= 11 is 0. The Kier molecular flexibility index (Phi) is 6.28. The molecule has 19 heavy (non-hydrogen) atoms. The van der Waals surface area contributed by atoms with Crippen LogP contribution in [0, 0.1) is 11.8 Å². The van der Waals surface area contributed by atoms with E-state index >= 15 is 0 Å². The van der Waals surface area contributed by atoms with Crippen molar-refractivity contribution in [3.05, 3.63) is 0 Å². The highest BCUT2D eigenvalue weighted by Gasteiger charge is 2.39. The summed E-state index contributed by atoms with van der Waals surface area (Å²) in [7, 11) is 0. The summed E-state index contributed by atoms with van der Waals surface area (Å²) in [5.74, 6) is -1.08. The van der Waals surface area contributed by atoms with Gasteiger partial charge in [0.15, 0.2) is 0 Å². The van der Waals surface area contributed by atoms with E-state index in [2.05, 4.69) is 6.92 Å². The van der Waals surface area contributed by atoms with Crippen LogP contribution < -0.4 is 0 Å². The first-order valence-corrected chi connectivity index (χ1v) is 7.11. The van der Waals surface area contributed by atoms with Crippen LogP contribution >= 0.6 is 0 Å². The molecule has 1 fully saturated rings. The average molecular weight is 271 g/mol. The Morgan fingerprint density at radius 3 is 2.58 bits per heavy atom. The molecule has 0 aromatic heterocycles. The first-order valence-electron chi connectivity index (χ1n) is 7.11. The normalized spacial score (nSPS) is 24.2. The van der Waals surface area contributed by atoms with Gasteiger partial charge in [-0.2, -0.15) is 0 Å². The topological polar surface area (TPSA) is 66.8 Å². The average Bonchev–Trinajstić information content (AvgIpc) is 2.84. The zero-order valence-corrected chi connectivity index (χ0v) is 12.1. The van der Waals surface area contributed by atoms with Crippen LogP contribution in [0.3, 0.4) is 0 Å². The van der Waals surface area contributed by atoms with Gasteiger partial charge in [0.25, 0.3) is 0 Å². The van der Waals surface area contributed by atoms with Crippen molar-refractivity contribution in [2.75, 3.05) is 19.8 Å². The summed E-state index contributed by atoms with van der Waals surface area (Å²) in [6.07, 6.45) is 2.27. The molecule has 0 radical (unpaired) electrons. The van der Waals surface area contributed by atoms with Crippen LogP contribution in [0.15, 0.2) is 0 Å². The largest absolute Gasteiger partial charge is 0.481 e. The Labute approximate surface area is 114 Å². The molecule has 1 rings (SSSR count). The molecule has 0 aromatic rings. The van der Waals surface area contributed by atoms with Gasteiger partial charge in [0.1, 0.15) is 5.92 Å². The van der Waals surface area contributed by atoms with Gasteiger partial charge in [-0.1, -0.05) is 27.2 Å². The second-order valence-electron chi connectivity index (χ2n) is 5.35. The summed E-state index contributed by atoms with van der Waals surface area (Å²) < 4.78 is 5.27. The van der Waals surface area contributed by atoms with Crippen molar-refractivity contribution in [3.63, 3.8) is 0 Å². The van der Waals surface area contributed by atoms with Crippen molar-refractivity contribution in [1.82, 2.24) is 4.90 Å². The fourth-order valence-corrected chi connectivity index (χ4v) is 2.36. The van der Waals surface area contributed by atoms with Crippen molar-refractivity contribution >= 4 is 11.9 Å². The molecular formula is C14H25NO4. The zero-order valence-electron chi connectivity index (χ0n) is 12.1. The van der Waals surface area contributed by atoms with E-state index in [-0.39, 0.29) is 18.6 Å². The number of aliphatic carboxylic acids is 1. The molecule has 1 heterocycles. The molecule has 1 N–H and O–H groups in total. The molecule has 0 saturated carbocycles. The van der Waals surface area contributed by atoms with Crippen molar-refractivity contribution < 1.29 is 19.4 Å². The highest BCUT2D eigenvalue weighted by Crippen LogP contribution is 2.22. The maximum atomic E-state index is 12.3. The number of carbonyl (C=O) groups excluding carboxylic acids is 1. The molecule has 1 saturated heterocycles. The van der Waals surface area contributed by atoms with Crippen LogP contribution in [-0.4, -0.2) is 47.7 Å². The number of carbonyl (C=O) groups is 2. The van der Waals surface area contributed by atoms with Gasteiger partial charge in [0.05, 0.1) is 19.3 Å². The first kappa shape index (κ1) is 16.0. The molecular weight excluding hydrogens is 246 g/mol. The van der Waals surface area contributed by atoms with E-state index in [0.29, 0.717) is 25.5 Å². The predicted molar refractivity (Wildman–Crippen MR) is 71.8 cm³/mol. The lowest BCUT2D eigenvalue weighted by Crippen LogP contribution is -2.47. The molecule has 110 valence electrons. The number of amides is 1. The van der Waals surface area contributed by atoms with Crippen LogP contribution in [-0.2, 0) is 14.3 Å². The lowest BCUT2D eigenvalue weighted by atomic mass is 9.99. The number of ether oxygens (including phenoxy) is 1. The molecule has 1 aliphatic heterocycles. The molecule has 0 aliphatic carbocycles. The van der Waals surface area contributed by atoms with Crippen LogP contribution in [0.25, 0.3) is 0 Å². The Bertz CT molecular complexity index is 319. The third kappa shape index (κ3) is 4.20. The number of carboxylic acid groups (broad SMARTS) is 1. The highest BCUT2D eigenvalue weighted by atomic mass is 16.5. The van der Waals surface area contributed by atoms with E-state index in [0.717, 1.165) is 12.8 Å². The lowest BCUT2D eigenvalue weighted by molar-refractivity contribution is -0.145. The molecule has 3 unspecified atom stereocenters. The lowest BCUT2D eigenvalue weighted by Gasteiger charge is -2.31. The van der Waals surface area contributed by atoms with Crippen LogP contribution in [0.1, 0.15) is 40.0 Å². The van der Waals surface area contributed by atoms with Gasteiger partial charge in [-0.3, -0.25) is 9.59 Å². The van der Waals surface area contributed by atoms with E-state index < -0.39 is 11.9 Å². The van der Waals surface area contributed by atoms with Gasteiger partial charge < -0.3 is 14.7 Å². The summed E-state index contributed by atoms with van der Waals surface area (Å²) in [6, 6.07) is -0.311. The SMILES string of the molecule is CCCN(C(=O)CC(C)CC)C1COCC1C(=O)O. The fraction of sp³-hybridized carbons (Fsp3) is 0.857. The van der Waals surface area contributed by atoms with Crippen molar-refractivity contribution in [1.29, 1.82) is 0 Å². The maximum absolute atomic E-state index is 12.3. The molecule has 3 atom stereocenters. The Morgan fingerprint density at radius 1 is 1.37 bits per heavy atom. The van der Waals surface area contributed by atoms with Gasteiger partial charge in [0, 0.05) is 13.0 Å². The summed E-state index contributed by atoms with van der Waals surface area (Å²) in [5, 5.41) is 9.19. The maximum Gasteiger partial charge on any atom is 0.311 e. The number of rotatable bonds is 7. The van der Waals surface area contributed by atoms with E-state index in [1.54, 1.807) is 4.90 Å². The molecule has 5 heteroatoms. The number of nitrogens with zero attached hydrogens (tertiary/aromatic N) is 1. The third-order valence-electron chi connectivity index (χ3n) is 3.77. The van der Waals surface area contributed by atoms with Crippen LogP contribution in [0.2, 0.25) is 0 Å². The Morgan fingerprint density at radius 2 is 2.05 bits per heavy atom. The quantitative estimate of drug-likeness (QED) is 0.766. The highest BCUT2D eigenvalue weighted by molar-refractivity contribution is 5.78. The third-order valence-corrected chi connectivity index (χ3v) is 3.77. The molecule has 0 spiro atoms. The van der Waals surface area contributed by atoms with Crippen LogP contribution in [0.4, 0.5) is 0 Å². The van der Waals surface area contributed by atoms with Gasteiger partial charge >= 0.3 is 5.97 Å². The minimum atomic E-state index is -0.875. The number of hydrogen-bond donors (Lipinski definition) is 1. The molecule has 0 aromatic carbocycles. The standard InChI is InChI=1S/C14H25NO4/c1-4-6-15(13(16)7-10(3)5-2)12-9-19-8-11(12)14(17)18/h10-12H,4-9H2,1-3H3,(H,17,18). The van der Waals surface area contributed by atoms with Gasteiger partial charge in [-0.25, -0.2) is 0 Å².